The fourth-order valence-electron chi connectivity index (χ4n) is 3.87. The summed E-state index contributed by atoms with van der Waals surface area (Å²) in [5.41, 5.74) is 4.36. The minimum absolute atomic E-state index is 0.290. The average Bonchev–Trinajstić information content (AvgIpc) is 3.11. The van der Waals surface area contributed by atoms with Crippen molar-refractivity contribution in [3.8, 4) is 11.1 Å². The Balaban J connectivity index is 1.47. The molecule has 0 unspecified atom stereocenters. The van der Waals surface area contributed by atoms with Gasteiger partial charge in [-0.05, 0) is 55.3 Å². The van der Waals surface area contributed by atoms with Crippen LogP contribution >= 0.6 is 0 Å². The van der Waals surface area contributed by atoms with Crippen LogP contribution in [-0.4, -0.2) is 5.91 Å². The Kier molecular flexibility index (Phi) is 4.44. The normalized spacial score (nSPS) is 11.2. The molecule has 0 saturated heterocycles. The zero-order chi connectivity index (χ0) is 21.5. The molecule has 1 amide bonds. The lowest BCUT2D eigenvalue weighted by Gasteiger charge is -2.10. The quantitative estimate of drug-likeness (QED) is 0.367. The van der Waals surface area contributed by atoms with Crippen molar-refractivity contribution in [3.05, 3.63) is 100 Å². The summed E-state index contributed by atoms with van der Waals surface area (Å²) in [5.74, 6) is -0.0239. The Bertz CT molecular complexity index is 1520. The standard InChI is InChI=1S/C26H19NO4/c1-15-13-18(27-25(28)24-16(2)20-8-4-6-10-23(20)30-24)11-12-19(15)21-14-17-7-3-5-9-22(17)31-26(21)29/h3-14H,1-2H3,(H,27,28). The van der Waals surface area contributed by atoms with E-state index in [0.29, 0.717) is 22.4 Å². The number of nitrogens with one attached hydrogen (secondary N) is 1. The van der Waals surface area contributed by atoms with Crippen LogP contribution in [0.4, 0.5) is 5.69 Å². The Morgan fingerprint density at radius 3 is 2.32 bits per heavy atom. The van der Waals surface area contributed by atoms with Crippen molar-refractivity contribution in [1.29, 1.82) is 0 Å². The molecule has 152 valence electrons. The lowest BCUT2D eigenvalue weighted by molar-refractivity contribution is 0.0998. The minimum atomic E-state index is -0.392. The molecule has 0 bridgehead atoms. The average molecular weight is 409 g/mol. The van der Waals surface area contributed by atoms with E-state index in [0.717, 1.165) is 27.5 Å². The third kappa shape index (κ3) is 3.30. The maximum absolute atomic E-state index is 12.8. The van der Waals surface area contributed by atoms with Crippen LogP contribution in [0.2, 0.25) is 0 Å². The number of para-hydroxylation sites is 2. The van der Waals surface area contributed by atoms with Crippen molar-refractivity contribution >= 4 is 33.5 Å². The highest BCUT2D eigenvalue weighted by Crippen LogP contribution is 2.28. The molecule has 0 aliphatic carbocycles. The van der Waals surface area contributed by atoms with Crippen LogP contribution in [0.25, 0.3) is 33.1 Å². The first kappa shape index (κ1) is 18.9. The van der Waals surface area contributed by atoms with Crippen LogP contribution in [0, 0.1) is 13.8 Å². The molecule has 1 N–H and O–H groups in total. The number of furan rings is 1. The molecule has 0 radical (unpaired) electrons. The molecule has 2 aromatic heterocycles. The fourth-order valence-corrected chi connectivity index (χ4v) is 3.87. The van der Waals surface area contributed by atoms with Crippen molar-refractivity contribution in [1.82, 2.24) is 0 Å². The Morgan fingerprint density at radius 2 is 1.55 bits per heavy atom. The highest BCUT2D eigenvalue weighted by atomic mass is 16.4. The summed E-state index contributed by atoms with van der Waals surface area (Å²) in [6.07, 6.45) is 0. The van der Waals surface area contributed by atoms with Crippen LogP contribution in [-0.2, 0) is 0 Å². The van der Waals surface area contributed by atoms with Crippen molar-refractivity contribution in [2.75, 3.05) is 5.32 Å². The highest BCUT2D eigenvalue weighted by Gasteiger charge is 2.18. The lowest BCUT2D eigenvalue weighted by Crippen LogP contribution is -2.12. The number of carbonyl (C=O) groups is 1. The highest BCUT2D eigenvalue weighted by molar-refractivity contribution is 6.06. The number of rotatable bonds is 3. The van der Waals surface area contributed by atoms with Gasteiger partial charge in [0.1, 0.15) is 11.2 Å². The zero-order valence-corrected chi connectivity index (χ0v) is 17.1. The number of fused-ring (bicyclic) bond motifs is 2. The summed E-state index contributed by atoms with van der Waals surface area (Å²) in [6.45, 7) is 3.76. The summed E-state index contributed by atoms with van der Waals surface area (Å²) in [4.78, 5) is 25.3. The van der Waals surface area contributed by atoms with Gasteiger partial charge in [-0.25, -0.2) is 4.79 Å². The summed E-state index contributed by atoms with van der Waals surface area (Å²) in [7, 11) is 0. The topological polar surface area (TPSA) is 72.5 Å². The van der Waals surface area contributed by atoms with Crippen molar-refractivity contribution in [3.63, 3.8) is 0 Å². The lowest BCUT2D eigenvalue weighted by atomic mass is 10.0. The van der Waals surface area contributed by atoms with Gasteiger partial charge in [0, 0.05) is 22.0 Å². The van der Waals surface area contributed by atoms with E-state index < -0.39 is 5.63 Å². The Morgan fingerprint density at radius 1 is 0.806 bits per heavy atom. The smallest absolute Gasteiger partial charge is 0.344 e. The fraction of sp³-hybridized carbons (Fsp3) is 0.0769. The molecule has 0 atom stereocenters. The second-order valence-electron chi connectivity index (χ2n) is 7.52. The molecule has 0 saturated carbocycles. The molecule has 0 fully saturated rings. The van der Waals surface area contributed by atoms with Crippen LogP contribution in [0.15, 0.2) is 86.4 Å². The van der Waals surface area contributed by atoms with Gasteiger partial charge in [-0.15, -0.1) is 0 Å². The number of hydrogen-bond donors (Lipinski definition) is 1. The molecule has 5 aromatic rings. The maximum Gasteiger partial charge on any atom is 0.344 e. The third-order valence-electron chi connectivity index (χ3n) is 5.47. The molecule has 0 aliphatic rings. The summed E-state index contributed by atoms with van der Waals surface area (Å²) >= 11 is 0. The molecule has 5 heteroatoms. The predicted molar refractivity (Wildman–Crippen MR) is 122 cm³/mol. The van der Waals surface area contributed by atoms with E-state index in [1.165, 1.54) is 0 Å². The largest absolute Gasteiger partial charge is 0.451 e. The van der Waals surface area contributed by atoms with E-state index in [-0.39, 0.29) is 11.7 Å². The molecule has 3 aromatic carbocycles. The van der Waals surface area contributed by atoms with E-state index in [1.807, 2.05) is 74.5 Å². The van der Waals surface area contributed by atoms with E-state index >= 15 is 0 Å². The van der Waals surface area contributed by atoms with Gasteiger partial charge in [0.2, 0.25) is 0 Å². The first-order valence-electron chi connectivity index (χ1n) is 9.94. The van der Waals surface area contributed by atoms with E-state index in [2.05, 4.69) is 5.32 Å². The summed E-state index contributed by atoms with van der Waals surface area (Å²) < 4.78 is 11.2. The van der Waals surface area contributed by atoms with Crippen LogP contribution in [0.1, 0.15) is 21.7 Å². The molecule has 0 aliphatic heterocycles. The SMILES string of the molecule is Cc1cc(NC(=O)c2oc3ccccc3c2C)ccc1-c1cc2ccccc2oc1=O. The molecular weight excluding hydrogens is 390 g/mol. The molecule has 31 heavy (non-hydrogen) atoms. The molecule has 2 heterocycles. The van der Waals surface area contributed by atoms with Crippen molar-refractivity contribution in [2.24, 2.45) is 0 Å². The first-order chi connectivity index (χ1) is 15.0. The first-order valence-corrected chi connectivity index (χ1v) is 9.94. The van der Waals surface area contributed by atoms with Gasteiger partial charge in [0.15, 0.2) is 5.76 Å². The number of carbonyl (C=O) groups excluding carboxylic acids is 1. The van der Waals surface area contributed by atoms with Gasteiger partial charge in [-0.2, -0.15) is 0 Å². The van der Waals surface area contributed by atoms with Crippen LogP contribution in [0.3, 0.4) is 0 Å². The zero-order valence-electron chi connectivity index (χ0n) is 17.1. The van der Waals surface area contributed by atoms with Gasteiger partial charge in [0.25, 0.3) is 5.91 Å². The van der Waals surface area contributed by atoms with Crippen LogP contribution < -0.4 is 10.9 Å². The number of aryl methyl sites for hydroxylation is 2. The van der Waals surface area contributed by atoms with Gasteiger partial charge >= 0.3 is 5.63 Å². The Labute approximate surface area is 177 Å². The molecule has 5 rings (SSSR count). The molecular formula is C26H19NO4. The molecule has 0 spiro atoms. The maximum atomic E-state index is 12.8. The number of anilines is 1. The second-order valence-corrected chi connectivity index (χ2v) is 7.52. The van der Waals surface area contributed by atoms with Gasteiger partial charge in [0.05, 0.1) is 5.56 Å². The second kappa shape index (κ2) is 7.29. The Hall–Kier alpha value is -4.12. The van der Waals surface area contributed by atoms with Crippen molar-refractivity contribution in [2.45, 2.75) is 13.8 Å². The third-order valence-corrected chi connectivity index (χ3v) is 5.47. The summed E-state index contributed by atoms with van der Waals surface area (Å²) in [6, 6.07) is 22.2. The summed E-state index contributed by atoms with van der Waals surface area (Å²) in [5, 5.41) is 4.66. The van der Waals surface area contributed by atoms with Gasteiger partial charge < -0.3 is 14.2 Å². The molecule has 5 nitrogen and oxygen atoms in total. The van der Waals surface area contributed by atoms with Crippen LogP contribution in [0.5, 0.6) is 0 Å². The van der Waals surface area contributed by atoms with Crippen molar-refractivity contribution < 1.29 is 13.6 Å². The number of hydrogen-bond acceptors (Lipinski definition) is 4. The monoisotopic (exact) mass is 409 g/mol. The van der Waals surface area contributed by atoms with E-state index in [1.54, 1.807) is 12.1 Å². The number of amides is 1. The number of benzene rings is 3. The van der Waals surface area contributed by atoms with E-state index in [9.17, 15) is 9.59 Å². The minimum Gasteiger partial charge on any atom is -0.451 e. The van der Waals surface area contributed by atoms with Gasteiger partial charge in [-0.1, -0.05) is 42.5 Å². The van der Waals surface area contributed by atoms with Gasteiger partial charge in [-0.3, -0.25) is 4.79 Å². The predicted octanol–water partition coefficient (Wildman–Crippen LogP) is 6.08. The van der Waals surface area contributed by atoms with E-state index in [4.69, 9.17) is 8.83 Å².